The summed E-state index contributed by atoms with van der Waals surface area (Å²) in [5.41, 5.74) is 0.520. The van der Waals surface area contributed by atoms with Gasteiger partial charge in [0.1, 0.15) is 5.82 Å². The smallest absolute Gasteiger partial charge is 0.337 e. The van der Waals surface area contributed by atoms with Gasteiger partial charge in [-0.15, -0.1) is 0 Å². The Morgan fingerprint density at radius 2 is 1.94 bits per heavy atom. The van der Waals surface area contributed by atoms with Gasteiger partial charge >= 0.3 is 5.97 Å². The Balaban J connectivity index is 2.92. The molecule has 1 aromatic rings. The maximum Gasteiger partial charge on any atom is 0.337 e. The number of carboxylic acids is 1. The van der Waals surface area contributed by atoms with E-state index in [-0.39, 0.29) is 5.56 Å². The summed E-state index contributed by atoms with van der Waals surface area (Å²) in [4.78, 5) is 14.8. The second-order valence-electron chi connectivity index (χ2n) is 4.19. The van der Waals surface area contributed by atoms with Crippen molar-refractivity contribution in [2.75, 3.05) is 39.1 Å². The van der Waals surface area contributed by atoms with Crippen molar-refractivity contribution in [3.8, 4) is 0 Å². The molecule has 1 aromatic carbocycles. The molecule has 94 valence electrons. The van der Waals surface area contributed by atoms with Gasteiger partial charge in [0.25, 0.3) is 0 Å². The monoisotopic (exact) mass is 240 g/mol. The molecule has 0 aliphatic carbocycles. The van der Waals surface area contributed by atoms with Crippen molar-refractivity contribution in [2.45, 2.75) is 0 Å². The van der Waals surface area contributed by atoms with Crippen LogP contribution in [0.2, 0.25) is 0 Å². The lowest BCUT2D eigenvalue weighted by Gasteiger charge is -2.23. The third kappa shape index (κ3) is 3.71. The molecule has 17 heavy (non-hydrogen) atoms. The van der Waals surface area contributed by atoms with Gasteiger partial charge in [0.2, 0.25) is 0 Å². The Hall–Kier alpha value is -1.62. The normalized spacial score (nSPS) is 10.6. The lowest BCUT2D eigenvalue weighted by atomic mass is 10.1. The molecule has 0 aliphatic heterocycles. The summed E-state index contributed by atoms with van der Waals surface area (Å²) in [7, 11) is 5.68. The van der Waals surface area contributed by atoms with Gasteiger partial charge in [0.05, 0.1) is 11.3 Å². The first-order chi connectivity index (χ1) is 7.91. The molecule has 0 saturated heterocycles. The summed E-state index contributed by atoms with van der Waals surface area (Å²) in [6.07, 6.45) is 0. The Morgan fingerprint density at radius 1 is 1.29 bits per heavy atom. The summed E-state index contributed by atoms with van der Waals surface area (Å²) < 4.78 is 13.0. The van der Waals surface area contributed by atoms with E-state index in [1.807, 2.05) is 23.9 Å². The minimum atomic E-state index is -1.11. The van der Waals surface area contributed by atoms with Crippen molar-refractivity contribution >= 4 is 11.7 Å². The summed E-state index contributed by atoms with van der Waals surface area (Å²) in [6, 6.07) is 3.81. The summed E-state index contributed by atoms with van der Waals surface area (Å²) >= 11 is 0. The van der Waals surface area contributed by atoms with Crippen LogP contribution in [0.4, 0.5) is 10.1 Å². The minimum absolute atomic E-state index is 0.00810. The van der Waals surface area contributed by atoms with E-state index in [2.05, 4.69) is 0 Å². The highest BCUT2D eigenvalue weighted by atomic mass is 19.1. The lowest BCUT2D eigenvalue weighted by molar-refractivity contribution is 0.0697. The number of carboxylic acid groups (broad SMARTS) is 1. The molecule has 5 heteroatoms. The van der Waals surface area contributed by atoms with E-state index in [4.69, 9.17) is 5.11 Å². The SMILES string of the molecule is CN(C)CCN(C)c1ccc(F)cc1C(=O)O. The molecular formula is C12H17FN2O2. The number of benzene rings is 1. The van der Waals surface area contributed by atoms with Gasteiger partial charge in [-0.25, -0.2) is 9.18 Å². The average molecular weight is 240 g/mol. The van der Waals surface area contributed by atoms with Gasteiger partial charge in [0.15, 0.2) is 0 Å². The van der Waals surface area contributed by atoms with Crippen LogP contribution in [0.1, 0.15) is 10.4 Å². The third-order valence-electron chi connectivity index (χ3n) is 2.48. The number of anilines is 1. The van der Waals surface area contributed by atoms with Crippen molar-refractivity contribution in [1.29, 1.82) is 0 Å². The topological polar surface area (TPSA) is 43.8 Å². The van der Waals surface area contributed by atoms with Crippen LogP contribution in [0, 0.1) is 5.82 Å². The standard InChI is InChI=1S/C12H17FN2O2/c1-14(2)6-7-15(3)11-5-4-9(13)8-10(11)12(16)17/h4-5,8H,6-7H2,1-3H3,(H,16,17). The lowest BCUT2D eigenvalue weighted by Crippen LogP contribution is -2.29. The van der Waals surface area contributed by atoms with E-state index >= 15 is 0 Å². The first-order valence-corrected chi connectivity index (χ1v) is 5.30. The van der Waals surface area contributed by atoms with E-state index in [9.17, 15) is 9.18 Å². The van der Waals surface area contributed by atoms with Crippen LogP contribution in [-0.4, -0.2) is 50.2 Å². The van der Waals surface area contributed by atoms with Crippen LogP contribution >= 0.6 is 0 Å². The highest BCUT2D eigenvalue weighted by molar-refractivity contribution is 5.94. The summed E-state index contributed by atoms with van der Waals surface area (Å²) in [5.74, 6) is -1.65. The van der Waals surface area contributed by atoms with Crippen LogP contribution in [0.5, 0.6) is 0 Å². The Labute approximate surface area is 100 Å². The van der Waals surface area contributed by atoms with Crippen molar-refractivity contribution in [3.05, 3.63) is 29.6 Å². The quantitative estimate of drug-likeness (QED) is 0.847. The predicted molar refractivity (Wildman–Crippen MR) is 65.2 cm³/mol. The predicted octanol–water partition coefficient (Wildman–Crippen LogP) is 1.52. The van der Waals surface area contributed by atoms with Gasteiger partial charge < -0.3 is 14.9 Å². The van der Waals surface area contributed by atoms with Gasteiger partial charge in [-0.1, -0.05) is 0 Å². The highest BCUT2D eigenvalue weighted by Gasteiger charge is 2.14. The average Bonchev–Trinajstić information content (AvgIpc) is 2.25. The van der Waals surface area contributed by atoms with E-state index < -0.39 is 11.8 Å². The molecule has 0 saturated carbocycles. The second kappa shape index (κ2) is 5.63. The fourth-order valence-corrected chi connectivity index (χ4v) is 1.48. The second-order valence-corrected chi connectivity index (χ2v) is 4.19. The summed E-state index contributed by atoms with van der Waals surface area (Å²) in [6.45, 7) is 1.48. The van der Waals surface area contributed by atoms with Crippen LogP contribution in [0.15, 0.2) is 18.2 Å². The number of likely N-dealkylation sites (N-methyl/N-ethyl adjacent to an activating group) is 2. The fourth-order valence-electron chi connectivity index (χ4n) is 1.48. The van der Waals surface area contributed by atoms with Crippen LogP contribution in [0.25, 0.3) is 0 Å². The molecular weight excluding hydrogens is 223 g/mol. The van der Waals surface area contributed by atoms with Crippen molar-refractivity contribution in [2.24, 2.45) is 0 Å². The molecule has 1 N–H and O–H groups in total. The van der Waals surface area contributed by atoms with Crippen LogP contribution in [0.3, 0.4) is 0 Å². The molecule has 0 aromatic heterocycles. The van der Waals surface area contributed by atoms with Gasteiger partial charge in [-0.05, 0) is 32.3 Å². The molecule has 4 nitrogen and oxygen atoms in total. The van der Waals surface area contributed by atoms with Crippen LogP contribution in [-0.2, 0) is 0 Å². The highest BCUT2D eigenvalue weighted by Crippen LogP contribution is 2.20. The van der Waals surface area contributed by atoms with Crippen molar-refractivity contribution in [3.63, 3.8) is 0 Å². The zero-order chi connectivity index (χ0) is 13.0. The van der Waals surface area contributed by atoms with E-state index in [0.29, 0.717) is 12.2 Å². The third-order valence-corrected chi connectivity index (χ3v) is 2.48. The minimum Gasteiger partial charge on any atom is -0.478 e. The Morgan fingerprint density at radius 3 is 2.47 bits per heavy atom. The molecule has 0 radical (unpaired) electrons. The zero-order valence-electron chi connectivity index (χ0n) is 10.3. The van der Waals surface area contributed by atoms with Crippen molar-refractivity contribution < 1.29 is 14.3 Å². The molecule has 0 spiro atoms. The molecule has 0 amide bonds. The number of nitrogens with zero attached hydrogens (tertiary/aromatic N) is 2. The van der Waals surface area contributed by atoms with E-state index in [1.165, 1.54) is 12.1 Å². The molecule has 0 unspecified atom stereocenters. The van der Waals surface area contributed by atoms with E-state index in [1.54, 1.807) is 7.05 Å². The Bertz CT molecular complexity index is 407. The molecule has 0 aliphatic rings. The first-order valence-electron chi connectivity index (χ1n) is 5.30. The maximum absolute atomic E-state index is 13.0. The molecule has 1 rings (SSSR count). The molecule has 0 heterocycles. The maximum atomic E-state index is 13.0. The first kappa shape index (κ1) is 13.4. The van der Waals surface area contributed by atoms with Gasteiger partial charge in [-0.3, -0.25) is 0 Å². The molecule has 0 fully saturated rings. The van der Waals surface area contributed by atoms with Crippen LogP contribution < -0.4 is 4.90 Å². The summed E-state index contributed by atoms with van der Waals surface area (Å²) in [5, 5.41) is 9.01. The number of hydrogen-bond donors (Lipinski definition) is 1. The number of carbonyl (C=O) groups is 1. The zero-order valence-corrected chi connectivity index (χ0v) is 10.3. The number of aromatic carboxylic acids is 1. The largest absolute Gasteiger partial charge is 0.478 e. The number of halogens is 1. The fraction of sp³-hybridized carbons (Fsp3) is 0.417. The Kier molecular flexibility index (Phi) is 4.45. The molecule has 0 bridgehead atoms. The van der Waals surface area contributed by atoms with E-state index in [0.717, 1.165) is 12.6 Å². The van der Waals surface area contributed by atoms with Gasteiger partial charge in [0, 0.05) is 20.1 Å². The van der Waals surface area contributed by atoms with Crippen molar-refractivity contribution in [1.82, 2.24) is 4.90 Å². The number of hydrogen-bond acceptors (Lipinski definition) is 3. The van der Waals surface area contributed by atoms with Gasteiger partial charge in [-0.2, -0.15) is 0 Å². The molecule has 0 atom stereocenters. The number of rotatable bonds is 5.